The topological polar surface area (TPSA) is 46.6 Å². The molecule has 0 bridgehead atoms. The molecule has 0 amide bonds. The Balaban J connectivity index is 2.39. The highest BCUT2D eigenvalue weighted by molar-refractivity contribution is 7.88. The molecule has 0 aliphatic carbocycles. The molecule has 0 aromatic rings. The summed E-state index contributed by atoms with van der Waals surface area (Å²) >= 11 is 0. The first-order valence-electron chi connectivity index (χ1n) is 5.00. The minimum atomic E-state index is -3.00. The van der Waals surface area contributed by atoms with Crippen LogP contribution < -0.4 is 0 Å². The highest BCUT2D eigenvalue weighted by atomic mass is 32.2. The van der Waals surface area contributed by atoms with Crippen molar-refractivity contribution in [3.8, 4) is 0 Å². The summed E-state index contributed by atoms with van der Waals surface area (Å²) in [5, 5.41) is 0. The smallest absolute Gasteiger partial charge is 0.211 e. The minimum absolute atomic E-state index is 0.227. The maximum atomic E-state index is 11.2. The van der Waals surface area contributed by atoms with Crippen molar-refractivity contribution < 1.29 is 13.2 Å². The zero-order valence-electron chi connectivity index (χ0n) is 9.06. The zero-order valence-corrected chi connectivity index (χ0v) is 9.88. The van der Waals surface area contributed by atoms with Crippen molar-refractivity contribution in [1.82, 2.24) is 4.31 Å². The van der Waals surface area contributed by atoms with Crippen molar-refractivity contribution in [3.63, 3.8) is 0 Å². The van der Waals surface area contributed by atoms with Gasteiger partial charge in [-0.25, -0.2) is 12.7 Å². The van der Waals surface area contributed by atoms with E-state index < -0.39 is 10.0 Å². The normalized spacial score (nSPS) is 21.7. The van der Waals surface area contributed by atoms with Gasteiger partial charge < -0.3 is 4.74 Å². The third-order valence-electron chi connectivity index (χ3n) is 2.33. The van der Waals surface area contributed by atoms with Crippen LogP contribution in [0.15, 0.2) is 0 Å². The molecule has 1 fully saturated rings. The zero-order chi connectivity index (χ0) is 10.8. The van der Waals surface area contributed by atoms with E-state index in [-0.39, 0.29) is 12.2 Å². The molecule has 0 atom stereocenters. The lowest BCUT2D eigenvalue weighted by molar-refractivity contribution is -0.0167. The number of ether oxygens (including phenoxy) is 1. The first-order valence-corrected chi connectivity index (χ1v) is 6.85. The summed E-state index contributed by atoms with van der Waals surface area (Å²) in [5.74, 6) is 0. The first-order chi connectivity index (χ1) is 6.39. The lowest BCUT2D eigenvalue weighted by Gasteiger charge is -2.31. The molecule has 1 aliphatic rings. The first kappa shape index (κ1) is 11.9. The highest BCUT2D eigenvalue weighted by Gasteiger charge is 2.25. The van der Waals surface area contributed by atoms with Crippen LogP contribution in [0.2, 0.25) is 0 Å². The maximum Gasteiger partial charge on any atom is 0.211 e. The van der Waals surface area contributed by atoms with Crippen LogP contribution in [0.25, 0.3) is 0 Å². The summed E-state index contributed by atoms with van der Waals surface area (Å²) in [5.41, 5.74) is 0. The van der Waals surface area contributed by atoms with Gasteiger partial charge in [0.1, 0.15) is 0 Å². The van der Waals surface area contributed by atoms with Crippen LogP contribution in [0.3, 0.4) is 0 Å². The lowest BCUT2D eigenvalue weighted by Crippen LogP contribution is -2.40. The largest absolute Gasteiger partial charge is 0.375 e. The molecule has 0 unspecified atom stereocenters. The van der Waals surface area contributed by atoms with Gasteiger partial charge in [0.25, 0.3) is 0 Å². The minimum Gasteiger partial charge on any atom is -0.375 e. The van der Waals surface area contributed by atoms with Crippen molar-refractivity contribution in [1.29, 1.82) is 0 Å². The van der Waals surface area contributed by atoms with E-state index in [2.05, 4.69) is 0 Å². The number of rotatable bonds is 3. The molecule has 0 radical (unpaired) electrons. The Kier molecular flexibility index (Phi) is 3.92. The quantitative estimate of drug-likeness (QED) is 0.709. The van der Waals surface area contributed by atoms with E-state index in [0.717, 1.165) is 12.8 Å². The molecule has 1 heterocycles. The summed E-state index contributed by atoms with van der Waals surface area (Å²) in [7, 11) is -3.00. The molecule has 0 saturated carbocycles. The SMILES string of the molecule is CC(C)OC1CCN(S(C)(=O)=O)CC1. The Morgan fingerprint density at radius 3 is 2.14 bits per heavy atom. The molecule has 1 aliphatic heterocycles. The van der Waals surface area contributed by atoms with E-state index >= 15 is 0 Å². The van der Waals surface area contributed by atoms with Gasteiger partial charge >= 0.3 is 0 Å². The molecule has 4 nitrogen and oxygen atoms in total. The Hall–Kier alpha value is -0.130. The van der Waals surface area contributed by atoms with E-state index in [4.69, 9.17) is 4.74 Å². The maximum absolute atomic E-state index is 11.2. The van der Waals surface area contributed by atoms with Crippen molar-refractivity contribution in [2.45, 2.75) is 38.9 Å². The molecule has 0 aromatic carbocycles. The standard InChI is InChI=1S/C9H19NO3S/c1-8(2)13-9-4-6-10(7-5-9)14(3,11)12/h8-9H,4-7H2,1-3H3. The van der Waals surface area contributed by atoms with Crippen molar-refractivity contribution >= 4 is 10.0 Å². The van der Waals surface area contributed by atoms with E-state index in [1.807, 2.05) is 13.8 Å². The summed E-state index contributed by atoms with van der Waals surface area (Å²) in [4.78, 5) is 0. The van der Waals surface area contributed by atoms with Gasteiger partial charge in [0.2, 0.25) is 10.0 Å². The van der Waals surface area contributed by atoms with Gasteiger partial charge in [0, 0.05) is 13.1 Å². The van der Waals surface area contributed by atoms with Gasteiger partial charge in [-0.3, -0.25) is 0 Å². The Morgan fingerprint density at radius 1 is 1.29 bits per heavy atom. The fourth-order valence-electron chi connectivity index (χ4n) is 1.68. The second-order valence-electron chi connectivity index (χ2n) is 4.05. The molecule has 0 spiro atoms. The number of nitrogens with zero attached hydrogens (tertiary/aromatic N) is 1. The number of sulfonamides is 1. The van der Waals surface area contributed by atoms with Gasteiger partial charge in [-0.1, -0.05) is 0 Å². The second kappa shape index (κ2) is 4.59. The van der Waals surface area contributed by atoms with Gasteiger partial charge in [-0.2, -0.15) is 0 Å². The van der Waals surface area contributed by atoms with Crippen LogP contribution in [0.1, 0.15) is 26.7 Å². The van der Waals surface area contributed by atoms with Gasteiger partial charge in [0.05, 0.1) is 18.5 Å². The number of hydrogen-bond donors (Lipinski definition) is 0. The summed E-state index contributed by atoms with van der Waals surface area (Å²) in [6.45, 7) is 5.19. The Labute approximate surface area is 86.3 Å². The van der Waals surface area contributed by atoms with Gasteiger partial charge in [-0.05, 0) is 26.7 Å². The van der Waals surface area contributed by atoms with E-state index in [9.17, 15) is 8.42 Å². The molecule has 1 saturated heterocycles. The molecule has 0 aromatic heterocycles. The third-order valence-corrected chi connectivity index (χ3v) is 3.64. The second-order valence-corrected chi connectivity index (χ2v) is 6.03. The molecule has 0 N–H and O–H groups in total. The highest BCUT2D eigenvalue weighted by Crippen LogP contribution is 2.17. The summed E-state index contributed by atoms with van der Waals surface area (Å²) in [6, 6.07) is 0. The van der Waals surface area contributed by atoms with Crippen molar-refractivity contribution in [2.75, 3.05) is 19.3 Å². The lowest BCUT2D eigenvalue weighted by atomic mass is 10.1. The van der Waals surface area contributed by atoms with Crippen LogP contribution in [0.5, 0.6) is 0 Å². The van der Waals surface area contributed by atoms with E-state index in [0.29, 0.717) is 13.1 Å². The van der Waals surface area contributed by atoms with Crippen LogP contribution in [-0.2, 0) is 14.8 Å². The van der Waals surface area contributed by atoms with Gasteiger partial charge in [0.15, 0.2) is 0 Å². The average molecular weight is 221 g/mol. The third kappa shape index (κ3) is 3.55. The number of piperidine rings is 1. The van der Waals surface area contributed by atoms with Crippen LogP contribution in [0.4, 0.5) is 0 Å². The summed E-state index contributed by atoms with van der Waals surface area (Å²) in [6.07, 6.45) is 3.34. The molecule has 5 heteroatoms. The molecular formula is C9H19NO3S. The predicted octanol–water partition coefficient (Wildman–Crippen LogP) is 0.835. The van der Waals surface area contributed by atoms with Crippen molar-refractivity contribution in [2.24, 2.45) is 0 Å². The molecular weight excluding hydrogens is 202 g/mol. The van der Waals surface area contributed by atoms with Crippen LogP contribution >= 0.6 is 0 Å². The molecule has 84 valence electrons. The molecule has 14 heavy (non-hydrogen) atoms. The monoisotopic (exact) mass is 221 g/mol. The fourth-order valence-corrected chi connectivity index (χ4v) is 2.56. The molecule has 1 rings (SSSR count). The van der Waals surface area contributed by atoms with Crippen LogP contribution in [0, 0.1) is 0 Å². The average Bonchev–Trinajstić information content (AvgIpc) is 2.02. The van der Waals surface area contributed by atoms with Crippen molar-refractivity contribution in [3.05, 3.63) is 0 Å². The van der Waals surface area contributed by atoms with E-state index in [1.165, 1.54) is 10.6 Å². The van der Waals surface area contributed by atoms with Crippen LogP contribution in [-0.4, -0.2) is 44.3 Å². The Bertz CT molecular complexity index is 266. The summed E-state index contributed by atoms with van der Waals surface area (Å²) < 4.78 is 29.6. The fraction of sp³-hybridized carbons (Fsp3) is 1.00. The predicted molar refractivity (Wildman–Crippen MR) is 55.7 cm³/mol. The van der Waals surface area contributed by atoms with Gasteiger partial charge in [-0.15, -0.1) is 0 Å². The van der Waals surface area contributed by atoms with E-state index in [1.54, 1.807) is 0 Å². The Morgan fingerprint density at radius 2 is 1.79 bits per heavy atom. The number of hydrogen-bond acceptors (Lipinski definition) is 3.